The van der Waals surface area contributed by atoms with Crippen molar-refractivity contribution in [3.05, 3.63) is 30.1 Å². The van der Waals surface area contributed by atoms with Gasteiger partial charge in [-0.05, 0) is 6.42 Å². The molecular weight excluding hydrogens is 360 g/mol. The molecule has 0 aliphatic heterocycles. The maximum absolute atomic E-state index is 12.6. The first kappa shape index (κ1) is 25.6. The van der Waals surface area contributed by atoms with Crippen LogP contribution < -0.4 is 4.57 Å². The highest BCUT2D eigenvalue weighted by molar-refractivity contribution is 5.76. The van der Waals surface area contributed by atoms with Crippen molar-refractivity contribution in [2.75, 3.05) is 13.2 Å². The molecule has 1 N–H and O–H groups in total. The number of aliphatic hydroxyl groups excluding tert-OH is 1. The van der Waals surface area contributed by atoms with E-state index in [9.17, 15) is 9.90 Å². The van der Waals surface area contributed by atoms with Gasteiger partial charge in [-0.25, -0.2) is 4.57 Å². The predicted molar refractivity (Wildman–Crippen MR) is 120 cm³/mol. The lowest BCUT2D eigenvalue weighted by Crippen LogP contribution is -2.40. The standard InChI is InChI=1S/C25H45N2O2/c1-3-4-5-6-7-8-9-10-11-12-13-14-15-19-25(29)27(21-22-28)23-24-18-16-17-20-26(24)2/h16-18,20,28H,3-15,19,21-23H2,1-2H3/q+1. The van der Waals surface area contributed by atoms with Gasteiger partial charge in [0.1, 0.15) is 13.6 Å². The molecule has 0 aliphatic carbocycles. The van der Waals surface area contributed by atoms with Gasteiger partial charge in [0, 0.05) is 25.1 Å². The van der Waals surface area contributed by atoms with Crippen LogP contribution in [0.25, 0.3) is 0 Å². The largest absolute Gasteiger partial charge is 0.395 e. The fourth-order valence-electron chi connectivity index (χ4n) is 3.78. The van der Waals surface area contributed by atoms with E-state index in [1.165, 1.54) is 70.6 Å². The Bertz CT molecular complexity index is 533. The Balaban J connectivity index is 2.07. The normalized spacial score (nSPS) is 11.0. The second-order valence-corrected chi connectivity index (χ2v) is 8.33. The van der Waals surface area contributed by atoms with Crippen LogP contribution in [-0.4, -0.2) is 29.1 Å². The first-order chi connectivity index (χ1) is 14.2. The fourth-order valence-corrected chi connectivity index (χ4v) is 3.78. The third-order valence-electron chi connectivity index (χ3n) is 5.73. The Morgan fingerprint density at radius 1 is 0.897 bits per heavy atom. The van der Waals surface area contributed by atoms with E-state index >= 15 is 0 Å². The summed E-state index contributed by atoms with van der Waals surface area (Å²) in [4.78, 5) is 14.3. The topological polar surface area (TPSA) is 44.4 Å². The highest BCUT2D eigenvalue weighted by Crippen LogP contribution is 2.13. The van der Waals surface area contributed by atoms with Crippen LogP contribution in [0.1, 0.15) is 103 Å². The predicted octanol–water partition coefficient (Wildman–Crippen LogP) is 5.31. The summed E-state index contributed by atoms with van der Waals surface area (Å²) < 4.78 is 2.03. The summed E-state index contributed by atoms with van der Waals surface area (Å²) in [6.45, 7) is 3.26. The second kappa shape index (κ2) is 17.4. The molecule has 0 atom stereocenters. The monoisotopic (exact) mass is 405 g/mol. The average molecular weight is 406 g/mol. The van der Waals surface area contributed by atoms with Crippen LogP contribution in [0.15, 0.2) is 24.4 Å². The van der Waals surface area contributed by atoms with Gasteiger partial charge in [-0.3, -0.25) is 4.79 Å². The molecule has 4 nitrogen and oxygen atoms in total. The molecule has 0 fully saturated rings. The summed E-state index contributed by atoms with van der Waals surface area (Å²) in [7, 11) is 1.99. The lowest BCUT2D eigenvalue weighted by molar-refractivity contribution is -0.680. The van der Waals surface area contributed by atoms with Crippen LogP contribution in [0.4, 0.5) is 0 Å². The molecule has 0 spiro atoms. The van der Waals surface area contributed by atoms with E-state index < -0.39 is 0 Å². The number of hydrogen-bond donors (Lipinski definition) is 1. The van der Waals surface area contributed by atoms with E-state index in [0.717, 1.165) is 18.5 Å². The van der Waals surface area contributed by atoms with Gasteiger partial charge in [0.25, 0.3) is 0 Å². The van der Waals surface area contributed by atoms with Gasteiger partial charge in [-0.1, -0.05) is 90.0 Å². The highest BCUT2D eigenvalue weighted by Gasteiger charge is 2.17. The number of aliphatic hydroxyl groups is 1. The summed E-state index contributed by atoms with van der Waals surface area (Å²) in [5.41, 5.74) is 1.08. The SMILES string of the molecule is CCCCCCCCCCCCCCCC(=O)N(CCO)Cc1cccc[n+]1C. The number of rotatable bonds is 18. The molecule has 1 aromatic rings. The minimum absolute atomic E-state index is 0.0148. The van der Waals surface area contributed by atoms with Gasteiger partial charge in [0.15, 0.2) is 6.20 Å². The Morgan fingerprint density at radius 2 is 1.45 bits per heavy atom. The Labute approximate surface area is 179 Å². The molecule has 1 heterocycles. The van der Waals surface area contributed by atoms with Crippen molar-refractivity contribution in [2.45, 2.75) is 103 Å². The molecule has 0 saturated heterocycles. The van der Waals surface area contributed by atoms with E-state index in [1.807, 2.05) is 36.0 Å². The molecule has 166 valence electrons. The molecule has 0 unspecified atom stereocenters. The molecule has 0 saturated carbocycles. The molecule has 4 heteroatoms. The van der Waals surface area contributed by atoms with Crippen LogP contribution in [0.5, 0.6) is 0 Å². The third kappa shape index (κ3) is 12.7. The number of amides is 1. The van der Waals surface area contributed by atoms with E-state index in [-0.39, 0.29) is 12.5 Å². The summed E-state index contributed by atoms with van der Waals surface area (Å²) in [5, 5.41) is 9.32. The molecule has 0 aliphatic rings. The summed E-state index contributed by atoms with van der Waals surface area (Å²) in [6, 6.07) is 6.00. The number of nitrogens with zero attached hydrogens (tertiary/aromatic N) is 2. The molecule has 0 radical (unpaired) electrons. The van der Waals surface area contributed by atoms with Crippen molar-refractivity contribution >= 4 is 5.91 Å². The van der Waals surface area contributed by atoms with E-state index in [2.05, 4.69) is 6.92 Å². The summed E-state index contributed by atoms with van der Waals surface area (Å²) >= 11 is 0. The number of unbranched alkanes of at least 4 members (excludes halogenated alkanes) is 12. The number of aryl methyl sites for hydroxylation is 1. The van der Waals surface area contributed by atoms with Crippen molar-refractivity contribution in [3.8, 4) is 0 Å². The van der Waals surface area contributed by atoms with E-state index in [1.54, 1.807) is 4.90 Å². The minimum atomic E-state index is 0.0148. The molecule has 0 bridgehead atoms. The van der Waals surface area contributed by atoms with Gasteiger partial charge in [-0.2, -0.15) is 0 Å². The average Bonchev–Trinajstić information content (AvgIpc) is 2.72. The van der Waals surface area contributed by atoms with Gasteiger partial charge < -0.3 is 10.0 Å². The van der Waals surface area contributed by atoms with Crippen LogP contribution >= 0.6 is 0 Å². The van der Waals surface area contributed by atoms with Crippen molar-refractivity contribution in [3.63, 3.8) is 0 Å². The lowest BCUT2D eigenvalue weighted by atomic mass is 10.0. The van der Waals surface area contributed by atoms with Crippen molar-refractivity contribution < 1.29 is 14.5 Å². The van der Waals surface area contributed by atoms with Gasteiger partial charge in [0.05, 0.1) is 6.61 Å². The molecule has 29 heavy (non-hydrogen) atoms. The number of pyridine rings is 1. The van der Waals surface area contributed by atoms with E-state index in [4.69, 9.17) is 0 Å². The van der Waals surface area contributed by atoms with Crippen LogP contribution in [0, 0.1) is 0 Å². The molecule has 1 aromatic heterocycles. The van der Waals surface area contributed by atoms with E-state index in [0.29, 0.717) is 19.5 Å². The Hall–Kier alpha value is -1.42. The molecule has 1 amide bonds. The smallest absolute Gasteiger partial charge is 0.223 e. The first-order valence-electron chi connectivity index (χ1n) is 12.0. The third-order valence-corrected chi connectivity index (χ3v) is 5.73. The summed E-state index contributed by atoms with van der Waals surface area (Å²) in [5.74, 6) is 0.158. The fraction of sp³-hybridized carbons (Fsp3) is 0.760. The lowest BCUT2D eigenvalue weighted by Gasteiger charge is -2.20. The molecule has 0 aromatic carbocycles. The second-order valence-electron chi connectivity index (χ2n) is 8.33. The number of carbonyl (C=O) groups excluding carboxylic acids is 1. The quantitative estimate of drug-likeness (QED) is 0.266. The maximum Gasteiger partial charge on any atom is 0.223 e. The van der Waals surface area contributed by atoms with Crippen LogP contribution in [0.2, 0.25) is 0 Å². The Morgan fingerprint density at radius 3 is 1.97 bits per heavy atom. The maximum atomic E-state index is 12.6. The van der Waals surface area contributed by atoms with Crippen molar-refractivity contribution in [2.24, 2.45) is 7.05 Å². The summed E-state index contributed by atoms with van der Waals surface area (Å²) in [6.07, 6.45) is 19.7. The number of carbonyl (C=O) groups is 1. The zero-order valence-corrected chi connectivity index (χ0v) is 19.1. The van der Waals surface area contributed by atoms with Crippen LogP contribution in [-0.2, 0) is 18.4 Å². The molecular formula is C25H45N2O2+. The van der Waals surface area contributed by atoms with Gasteiger partial charge in [-0.15, -0.1) is 0 Å². The van der Waals surface area contributed by atoms with Gasteiger partial charge in [0.2, 0.25) is 11.6 Å². The number of hydrogen-bond acceptors (Lipinski definition) is 2. The first-order valence-corrected chi connectivity index (χ1v) is 12.0. The molecule has 1 rings (SSSR count). The minimum Gasteiger partial charge on any atom is -0.395 e. The van der Waals surface area contributed by atoms with Gasteiger partial charge >= 0.3 is 0 Å². The zero-order valence-electron chi connectivity index (χ0n) is 19.1. The number of aromatic nitrogens is 1. The van der Waals surface area contributed by atoms with Crippen LogP contribution in [0.3, 0.4) is 0 Å². The zero-order chi connectivity index (χ0) is 21.2. The highest BCUT2D eigenvalue weighted by atomic mass is 16.3. The van der Waals surface area contributed by atoms with Crippen molar-refractivity contribution in [1.29, 1.82) is 0 Å². The van der Waals surface area contributed by atoms with Crippen molar-refractivity contribution in [1.82, 2.24) is 4.90 Å². The Kier molecular flexibility index (Phi) is 15.4.